The van der Waals surface area contributed by atoms with Crippen LogP contribution in [0.15, 0.2) is 52.9 Å². The molecule has 0 saturated carbocycles. The smallest absolute Gasteiger partial charge is 0.263 e. The summed E-state index contributed by atoms with van der Waals surface area (Å²) in [7, 11) is 0. The van der Waals surface area contributed by atoms with E-state index < -0.39 is 0 Å². The number of benzene rings is 1. The van der Waals surface area contributed by atoms with Crippen molar-refractivity contribution in [3.63, 3.8) is 0 Å². The zero-order valence-electron chi connectivity index (χ0n) is 14.9. The molecule has 134 valence electrons. The molecule has 3 nitrogen and oxygen atoms in total. The number of rotatable bonds is 5. The van der Waals surface area contributed by atoms with Gasteiger partial charge >= 0.3 is 0 Å². The van der Waals surface area contributed by atoms with Crippen molar-refractivity contribution in [2.45, 2.75) is 43.6 Å². The van der Waals surface area contributed by atoms with Crippen LogP contribution in [0.1, 0.15) is 29.3 Å². The highest BCUT2D eigenvalue weighted by Crippen LogP contribution is 2.36. The maximum atomic E-state index is 13.2. The average Bonchev–Trinajstić information content (AvgIpc) is 3.01. The maximum absolute atomic E-state index is 13.2. The van der Waals surface area contributed by atoms with E-state index in [0.717, 1.165) is 40.4 Å². The topological polar surface area (TPSA) is 34.9 Å². The Kier molecular flexibility index (Phi) is 5.00. The zero-order valence-corrected chi connectivity index (χ0v) is 16.5. The Bertz CT molecular complexity index is 1000. The molecule has 2 heterocycles. The van der Waals surface area contributed by atoms with Crippen molar-refractivity contribution in [2.75, 3.05) is 0 Å². The van der Waals surface area contributed by atoms with Crippen LogP contribution in [-0.2, 0) is 25.1 Å². The van der Waals surface area contributed by atoms with E-state index >= 15 is 0 Å². The van der Waals surface area contributed by atoms with Crippen LogP contribution in [0.5, 0.6) is 0 Å². The summed E-state index contributed by atoms with van der Waals surface area (Å²) in [5.74, 6) is 1.50. The first-order chi connectivity index (χ1) is 12.7. The normalized spacial score (nSPS) is 16.6. The fourth-order valence-electron chi connectivity index (χ4n) is 3.53. The molecule has 5 heteroatoms. The number of allylic oxidation sites excluding steroid dienone is 1. The van der Waals surface area contributed by atoms with Gasteiger partial charge in [-0.25, -0.2) is 4.98 Å². The van der Waals surface area contributed by atoms with Crippen LogP contribution in [0, 0.1) is 5.92 Å². The lowest BCUT2D eigenvalue weighted by molar-refractivity contribution is 0.509. The standard InChI is InChI=1S/C21H22N2OS2/c1-3-11-23-20(24)18-16-10-9-14(2)12-17(16)26-19(18)22-21(23)25-13-15-7-5-4-6-8-15/h3-8,14H,1,9-13H2,2H3. The summed E-state index contributed by atoms with van der Waals surface area (Å²) in [5, 5.41) is 1.64. The third kappa shape index (κ3) is 3.26. The number of thioether (sulfide) groups is 1. The van der Waals surface area contributed by atoms with Gasteiger partial charge in [-0.3, -0.25) is 9.36 Å². The lowest BCUT2D eigenvalue weighted by Crippen LogP contribution is -2.23. The number of aryl methyl sites for hydroxylation is 1. The molecule has 0 amide bonds. The minimum Gasteiger partial charge on any atom is -0.283 e. The summed E-state index contributed by atoms with van der Waals surface area (Å²) in [4.78, 5) is 20.4. The molecule has 0 radical (unpaired) electrons. The Hall–Kier alpha value is -1.85. The summed E-state index contributed by atoms with van der Waals surface area (Å²) in [5.41, 5.74) is 2.58. The number of hydrogen-bond acceptors (Lipinski definition) is 4. The van der Waals surface area contributed by atoms with Crippen molar-refractivity contribution in [1.29, 1.82) is 0 Å². The van der Waals surface area contributed by atoms with E-state index in [1.807, 2.05) is 18.2 Å². The molecule has 1 atom stereocenters. The van der Waals surface area contributed by atoms with Crippen LogP contribution in [0.3, 0.4) is 0 Å². The number of fused-ring (bicyclic) bond motifs is 3. The summed E-state index contributed by atoms with van der Waals surface area (Å²) >= 11 is 3.34. The van der Waals surface area contributed by atoms with Crippen molar-refractivity contribution < 1.29 is 0 Å². The van der Waals surface area contributed by atoms with Crippen molar-refractivity contribution >= 4 is 33.3 Å². The Balaban J connectivity index is 1.78. The predicted molar refractivity (Wildman–Crippen MR) is 111 cm³/mol. The Morgan fingerprint density at radius 2 is 2.19 bits per heavy atom. The van der Waals surface area contributed by atoms with E-state index in [-0.39, 0.29) is 5.56 Å². The molecule has 0 N–H and O–H groups in total. The van der Waals surface area contributed by atoms with E-state index in [1.54, 1.807) is 33.7 Å². The molecule has 0 saturated heterocycles. The van der Waals surface area contributed by atoms with Crippen molar-refractivity contribution in [2.24, 2.45) is 5.92 Å². The quantitative estimate of drug-likeness (QED) is 0.351. The van der Waals surface area contributed by atoms with Crippen molar-refractivity contribution in [1.82, 2.24) is 9.55 Å². The Morgan fingerprint density at radius 1 is 1.38 bits per heavy atom. The van der Waals surface area contributed by atoms with Gasteiger partial charge in [0.1, 0.15) is 4.83 Å². The Labute approximate surface area is 161 Å². The van der Waals surface area contributed by atoms with Gasteiger partial charge < -0.3 is 0 Å². The number of aromatic nitrogens is 2. The second-order valence-electron chi connectivity index (χ2n) is 6.90. The molecule has 0 bridgehead atoms. The second kappa shape index (κ2) is 7.41. The molecule has 0 aliphatic heterocycles. The van der Waals surface area contributed by atoms with Crippen molar-refractivity contribution in [3.8, 4) is 0 Å². The molecule has 0 spiro atoms. The minimum atomic E-state index is 0.0949. The molecule has 2 aromatic heterocycles. The average molecular weight is 383 g/mol. The first-order valence-corrected chi connectivity index (χ1v) is 10.8. The van der Waals surface area contributed by atoms with E-state index in [2.05, 4.69) is 25.6 Å². The SMILES string of the molecule is C=CCn1c(SCc2ccccc2)nc2sc3c(c2c1=O)CCC(C)C3. The van der Waals surface area contributed by atoms with E-state index in [1.165, 1.54) is 16.0 Å². The monoisotopic (exact) mass is 382 g/mol. The lowest BCUT2D eigenvalue weighted by atomic mass is 9.89. The molecule has 1 aromatic carbocycles. The van der Waals surface area contributed by atoms with Gasteiger partial charge in [0.15, 0.2) is 5.16 Å². The molecule has 1 aliphatic carbocycles. The minimum absolute atomic E-state index is 0.0949. The molecule has 0 fully saturated rings. The third-order valence-corrected chi connectivity index (χ3v) is 7.10. The predicted octanol–water partition coefficient (Wildman–Crippen LogP) is 5.06. The molecule has 3 aromatic rings. The van der Waals surface area contributed by atoms with Crippen LogP contribution in [0.4, 0.5) is 0 Å². The highest BCUT2D eigenvalue weighted by atomic mass is 32.2. The van der Waals surface area contributed by atoms with E-state index in [9.17, 15) is 4.79 Å². The number of hydrogen-bond donors (Lipinski definition) is 0. The lowest BCUT2D eigenvalue weighted by Gasteiger charge is -2.17. The largest absolute Gasteiger partial charge is 0.283 e. The van der Waals surface area contributed by atoms with Crippen LogP contribution < -0.4 is 5.56 Å². The van der Waals surface area contributed by atoms with Crippen molar-refractivity contribution in [3.05, 3.63) is 69.3 Å². The number of thiophene rings is 1. The highest BCUT2D eigenvalue weighted by Gasteiger charge is 2.24. The summed E-state index contributed by atoms with van der Waals surface area (Å²) in [6, 6.07) is 10.3. The van der Waals surface area contributed by atoms with Crippen LogP contribution in [-0.4, -0.2) is 9.55 Å². The van der Waals surface area contributed by atoms with Gasteiger partial charge in [0.05, 0.1) is 5.39 Å². The fourth-order valence-corrected chi connectivity index (χ4v) is 5.92. The molecule has 4 rings (SSSR count). The van der Waals surface area contributed by atoms with Crippen LogP contribution in [0.25, 0.3) is 10.2 Å². The first kappa shape index (κ1) is 17.6. The zero-order chi connectivity index (χ0) is 18.1. The van der Waals surface area contributed by atoms with Gasteiger partial charge in [0.25, 0.3) is 5.56 Å². The van der Waals surface area contributed by atoms with Gasteiger partial charge in [-0.1, -0.05) is 55.1 Å². The molecular formula is C21H22N2OS2. The van der Waals surface area contributed by atoms with Gasteiger partial charge in [-0.15, -0.1) is 17.9 Å². The molecule has 1 aliphatic rings. The van der Waals surface area contributed by atoms with E-state index in [0.29, 0.717) is 12.5 Å². The van der Waals surface area contributed by atoms with Gasteiger partial charge in [-0.05, 0) is 36.3 Å². The fraction of sp³-hybridized carbons (Fsp3) is 0.333. The second-order valence-corrected chi connectivity index (χ2v) is 8.93. The highest BCUT2D eigenvalue weighted by molar-refractivity contribution is 7.98. The molecule has 1 unspecified atom stereocenters. The van der Waals surface area contributed by atoms with E-state index in [4.69, 9.17) is 4.98 Å². The maximum Gasteiger partial charge on any atom is 0.263 e. The van der Waals surface area contributed by atoms with Gasteiger partial charge in [0.2, 0.25) is 0 Å². The summed E-state index contributed by atoms with van der Waals surface area (Å²) < 4.78 is 1.79. The molecule has 26 heavy (non-hydrogen) atoms. The van der Waals surface area contributed by atoms with Crippen LogP contribution >= 0.6 is 23.1 Å². The summed E-state index contributed by atoms with van der Waals surface area (Å²) in [6.07, 6.45) is 5.01. The Morgan fingerprint density at radius 3 is 2.96 bits per heavy atom. The third-order valence-electron chi connectivity index (χ3n) is 4.90. The van der Waals surface area contributed by atoms with Gasteiger partial charge in [-0.2, -0.15) is 0 Å². The first-order valence-electron chi connectivity index (χ1n) is 9.00. The molecular weight excluding hydrogens is 360 g/mol. The van der Waals surface area contributed by atoms with Gasteiger partial charge in [0, 0.05) is 17.2 Å². The number of nitrogens with zero attached hydrogens (tertiary/aromatic N) is 2. The summed E-state index contributed by atoms with van der Waals surface area (Å²) in [6.45, 7) is 6.62. The van der Waals surface area contributed by atoms with Crippen LogP contribution in [0.2, 0.25) is 0 Å².